The van der Waals surface area contributed by atoms with Gasteiger partial charge in [-0.05, 0) is 49.2 Å². The number of rotatable bonds is 18. The van der Waals surface area contributed by atoms with Crippen molar-refractivity contribution in [2.45, 2.75) is 50.2 Å². The number of hydrogen-bond donors (Lipinski definition) is 5. The monoisotopic (exact) mass is 594 g/mol. The molecule has 3 atom stereocenters. The van der Waals surface area contributed by atoms with Crippen LogP contribution >= 0.6 is 12.2 Å². The topological polar surface area (TPSA) is 209 Å². The zero-order valence-electron chi connectivity index (χ0n) is 22.3. The Labute approximate surface area is 241 Å². The van der Waals surface area contributed by atoms with Crippen LogP contribution in [0.1, 0.15) is 31.2 Å². The number of benzene rings is 1. The van der Waals surface area contributed by atoms with Gasteiger partial charge < -0.3 is 25.5 Å². The van der Waals surface area contributed by atoms with E-state index in [1.165, 1.54) is 9.80 Å². The van der Waals surface area contributed by atoms with Crippen molar-refractivity contribution in [3.8, 4) is 0 Å². The number of carboxylic acid groups (broad SMARTS) is 5. The van der Waals surface area contributed by atoms with Crippen molar-refractivity contribution in [1.29, 1.82) is 0 Å². The Hall–Kier alpha value is -3.75. The maximum atomic E-state index is 12.0. The fourth-order valence-electron chi connectivity index (χ4n) is 5.35. The number of isothiocyanates is 1. The molecule has 1 aromatic rings. The Balaban J connectivity index is 2.51. The molecule has 0 heterocycles. The summed E-state index contributed by atoms with van der Waals surface area (Å²) in [6, 6.07) is 4.79. The van der Waals surface area contributed by atoms with E-state index in [2.05, 4.69) is 22.4 Å². The van der Waals surface area contributed by atoms with Gasteiger partial charge in [-0.3, -0.25) is 38.7 Å². The molecule has 0 spiro atoms. The molecule has 0 saturated heterocycles. The first kappa shape index (κ1) is 33.5. The first-order chi connectivity index (χ1) is 19.4. The summed E-state index contributed by atoms with van der Waals surface area (Å²) in [6.45, 7) is -2.92. The lowest BCUT2D eigenvalue weighted by Crippen LogP contribution is -2.59. The van der Waals surface area contributed by atoms with Crippen LogP contribution in [0, 0.1) is 0 Å². The molecule has 1 saturated carbocycles. The van der Waals surface area contributed by atoms with Crippen LogP contribution in [-0.2, 0) is 30.4 Å². The van der Waals surface area contributed by atoms with Crippen molar-refractivity contribution >= 4 is 52.9 Å². The van der Waals surface area contributed by atoms with E-state index < -0.39 is 80.7 Å². The molecule has 1 aliphatic carbocycles. The molecular formula is C26H34N4O10S. The average Bonchev–Trinajstić information content (AvgIpc) is 2.87. The lowest BCUT2D eigenvalue weighted by molar-refractivity contribution is -0.146. The van der Waals surface area contributed by atoms with Crippen LogP contribution in [0.4, 0.5) is 5.69 Å². The molecule has 0 bridgehead atoms. The van der Waals surface area contributed by atoms with Gasteiger partial charge in [-0.15, -0.1) is 0 Å². The molecule has 0 amide bonds. The number of carboxylic acids is 5. The van der Waals surface area contributed by atoms with Crippen LogP contribution in [0.5, 0.6) is 0 Å². The maximum absolute atomic E-state index is 12.0. The molecule has 5 N–H and O–H groups in total. The van der Waals surface area contributed by atoms with Gasteiger partial charge in [0.15, 0.2) is 0 Å². The van der Waals surface area contributed by atoms with Crippen LogP contribution in [-0.4, -0.2) is 133 Å². The van der Waals surface area contributed by atoms with Crippen molar-refractivity contribution in [2.24, 2.45) is 4.99 Å². The number of aliphatic carboxylic acids is 5. The van der Waals surface area contributed by atoms with Crippen LogP contribution in [0.3, 0.4) is 0 Å². The molecule has 1 fully saturated rings. The second-order valence-electron chi connectivity index (χ2n) is 9.85. The molecule has 15 heteroatoms. The van der Waals surface area contributed by atoms with E-state index in [0.717, 1.165) is 0 Å². The number of carbonyl (C=O) groups is 5. The second-order valence-corrected chi connectivity index (χ2v) is 10.0. The molecule has 224 valence electrons. The molecule has 1 aliphatic rings. The number of thiocarbonyl (C=S) groups is 1. The summed E-state index contributed by atoms with van der Waals surface area (Å²) in [5, 5.41) is 49.9. The van der Waals surface area contributed by atoms with Crippen molar-refractivity contribution in [3.63, 3.8) is 0 Å². The lowest BCUT2D eigenvalue weighted by Gasteiger charge is -2.45. The van der Waals surface area contributed by atoms with Crippen LogP contribution in [0.2, 0.25) is 0 Å². The Bertz CT molecular complexity index is 1110. The Morgan fingerprint density at radius 3 is 1.63 bits per heavy atom. The largest absolute Gasteiger partial charge is 0.480 e. The van der Waals surface area contributed by atoms with Gasteiger partial charge >= 0.3 is 29.8 Å². The first-order valence-corrected chi connectivity index (χ1v) is 13.3. The molecule has 2 unspecified atom stereocenters. The van der Waals surface area contributed by atoms with Crippen LogP contribution in [0.25, 0.3) is 0 Å². The second kappa shape index (κ2) is 16.5. The van der Waals surface area contributed by atoms with Crippen molar-refractivity contribution in [3.05, 3.63) is 29.8 Å². The van der Waals surface area contributed by atoms with Gasteiger partial charge in [0.1, 0.15) is 0 Å². The molecule has 1 aromatic carbocycles. The zero-order chi connectivity index (χ0) is 30.5. The smallest absolute Gasteiger partial charge is 0.317 e. The Morgan fingerprint density at radius 2 is 1.20 bits per heavy atom. The Kier molecular flexibility index (Phi) is 13.5. The van der Waals surface area contributed by atoms with E-state index in [9.17, 15) is 49.5 Å². The molecule has 0 aliphatic heterocycles. The molecule has 2 rings (SSSR count). The average molecular weight is 595 g/mol. The summed E-state index contributed by atoms with van der Waals surface area (Å²) in [5.41, 5.74) is 1.23. The van der Waals surface area contributed by atoms with Gasteiger partial charge in [0, 0.05) is 24.7 Å². The highest BCUT2D eigenvalue weighted by Crippen LogP contribution is 2.28. The number of hydrogen-bond acceptors (Lipinski definition) is 10. The molecular weight excluding hydrogens is 560 g/mol. The fraction of sp³-hybridized carbons (Fsp3) is 0.538. The van der Waals surface area contributed by atoms with Crippen molar-refractivity contribution < 1.29 is 49.5 Å². The van der Waals surface area contributed by atoms with Gasteiger partial charge in [-0.1, -0.05) is 25.0 Å². The summed E-state index contributed by atoms with van der Waals surface area (Å²) < 4.78 is 0. The highest BCUT2D eigenvalue weighted by molar-refractivity contribution is 7.78. The molecule has 14 nitrogen and oxygen atoms in total. The quantitative estimate of drug-likeness (QED) is 0.119. The van der Waals surface area contributed by atoms with Gasteiger partial charge in [0.25, 0.3) is 0 Å². The number of aliphatic imine (C=N–C) groups is 1. The third-order valence-electron chi connectivity index (χ3n) is 6.87. The highest BCUT2D eigenvalue weighted by Gasteiger charge is 2.38. The number of nitrogens with zero attached hydrogens (tertiary/aromatic N) is 4. The predicted molar refractivity (Wildman–Crippen MR) is 148 cm³/mol. The van der Waals surface area contributed by atoms with Gasteiger partial charge in [0.2, 0.25) is 0 Å². The van der Waals surface area contributed by atoms with Crippen LogP contribution in [0.15, 0.2) is 29.3 Å². The normalized spacial score (nSPS) is 17.6. The third-order valence-corrected chi connectivity index (χ3v) is 6.96. The van der Waals surface area contributed by atoms with E-state index in [0.29, 0.717) is 36.9 Å². The van der Waals surface area contributed by atoms with E-state index in [1.807, 2.05) is 0 Å². The van der Waals surface area contributed by atoms with Gasteiger partial charge in [0.05, 0.1) is 43.6 Å². The first-order valence-electron chi connectivity index (χ1n) is 12.9. The summed E-state index contributed by atoms with van der Waals surface area (Å²) in [4.78, 5) is 66.5. The SMILES string of the molecule is O=C(O)CN(CC(=O)O)C(Cc1ccc(N=C=S)cc1)CN(CC(=O)O)C1CCCC[C@@H]1N(CC(=O)O)CC(=O)O. The fourth-order valence-corrected chi connectivity index (χ4v) is 5.45. The minimum Gasteiger partial charge on any atom is -0.480 e. The van der Waals surface area contributed by atoms with Crippen molar-refractivity contribution in [2.75, 3.05) is 39.3 Å². The van der Waals surface area contributed by atoms with E-state index in [-0.39, 0.29) is 13.0 Å². The Morgan fingerprint density at radius 1 is 0.756 bits per heavy atom. The summed E-state index contributed by atoms with van der Waals surface area (Å²) in [6.07, 6.45) is 2.40. The van der Waals surface area contributed by atoms with Crippen molar-refractivity contribution in [1.82, 2.24) is 14.7 Å². The minimum atomic E-state index is -1.27. The van der Waals surface area contributed by atoms with Crippen LogP contribution < -0.4 is 0 Å². The molecule has 0 radical (unpaired) electrons. The van der Waals surface area contributed by atoms with E-state index in [4.69, 9.17) is 0 Å². The van der Waals surface area contributed by atoms with E-state index in [1.54, 1.807) is 29.2 Å². The van der Waals surface area contributed by atoms with Gasteiger partial charge in [-0.25, -0.2) is 0 Å². The molecule has 41 heavy (non-hydrogen) atoms. The zero-order valence-corrected chi connectivity index (χ0v) is 23.1. The minimum absolute atomic E-state index is 0.0676. The maximum Gasteiger partial charge on any atom is 0.317 e. The summed E-state index contributed by atoms with van der Waals surface area (Å²) >= 11 is 4.61. The van der Waals surface area contributed by atoms with E-state index >= 15 is 0 Å². The lowest BCUT2D eigenvalue weighted by atomic mass is 9.87. The predicted octanol–water partition coefficient (Wildman–Crippen LogP) is 0.972. The van der Waals surface area contributed by atoms with Gasteiger partial charge in [-0.2, -0.15) is 4.99 Å². The standard InChI is InChI=1S/C26H34N4O10S/c31-22(32)11-28(12-23(33)34)19(9-17-5-7-18(8-6-17)27-16-41)10-29(13-24(35)36)20-3-1-2-4-21(20)30(14-25(37)38)15-26(39)40/h5-8,19-21H,1-4,9-15H2,(H,31,32)(H,33,34)(H,35,36)(H,37,38)(H,39,40)/t19?,20?,21-/m0/s1. The molecule has 0 aromatic heterocycles. The third kappa shape index (κ3) is 11.7. The summed E-state index contributed by atoms with van der Waals surface area (Å²) in [7, 11) is 0. The highest BCUT2D eigenvalue weighted by atomic mass is 32.1. The summed E-state index contributed by atoms with van der Waals surface area (Å²) in [5.74, 6) is -6.18.